The van der Waals surface area contributed by atoms with Gasteiger partial charge in [0.1, 0.15) is 59.0 Å². The Hall–Kier alpha value is -8.47. The number of carbonyl (C=O) groups is 7. The van der Waals surface area contributed by atoms with E-state index in [1.807, 2.05) is 109 Å². The van der Waals surface area contributed by atoms with Crippen molar-refractivity contribution in [2.75, 3.05) is 38.0 Å². The van der Waals surface area contributed by atoms with Crippen LogP contribution in [0.25, 0.3) is 32.8 Å². The number of likely N-dealkylation sites (tertiary alicyclic amines) is 2. The van der Waals surface area contributed by atoms with Crippen LogP contribution in [0, 0.1) is 36.5 Å². The van der Waals surface area contributed by atoms with Crippen LogP contribution in [-0.4, -0.2) is 179 Å². The zero-order valence-corrected chi connectivity index (χ0v) is 73.5. The summed E-state index contributed by atoms with van der Waals surface area (Å²) in [7, 11) is -4.71. The van der Waals surface area contributed by atoms with E-state index in [4.69, 9.17) is 65.1 Å². The van der Waals surface area contributed by atoms with Crippen LogP contribution in [0.5, 0.6) is 23.3 Å². The summed E-state index contributed by atoms with van der Waals surface area (Å²) < 4.78 is 78.8. The number of sulfonamides is 2. The third-order valence-electron chi connectivity index (χ3n) is 20.9. The third kappa shape index (κ3) is 21.0. The minimum atomic E-state index is -3.89. The van der Waals surface area contributed by atoms with Crippen molar-refractivity contribution in [1.82, 2.24) is 50.1 Å². The second kappa shape index (κ2) is 36.8. The number of nitrogens with one attached hydrogen (secondary N) is 6. The Kier molecular flexibility index (Phi) is 29.0. The number of fused-ring (bicyclic) bond motifs is 2. The number of aromatic nitrogens is 3. The number of anilines is 1. The second-order valence-electron chi connectivity index (χ2n) is 31.5. The minimum absolute atomic E-state index is 0. The number of thiocarbonyl (C=S) groups is 1. The van der Waals surface area contributed by atoms with Gasteiger partial charge < -0.3 is 55.7 Å². The molecule has 36 heteroatoms. The molecule has 6 aliphatic rings. The number of benzene rings is 4. The number of ketones is 1. The molecule has 3 aromatic heterocycles. The van der Waals surface area contributed by atoms with E-state index in [1.165, 1.54) is 65.5 Å². The van der Waals surface area contributed by atoms with Crippen molar-refractivity contribution in [2.45, 2.75) is 165 Å². The van der Waals surface area contributed by atoms with Gasteiger partial charge in [0.05, 0.1) is 61.2 Å². The van der Waals surface area contributed by atoms with E-state index in [9.17, 15) is 50.4 Å². The quantitative estimate of drug-likeness (QED) is 0.0115. The fraction of sp³-hybridized carbons (Fsp3) is 0.438. The van der Waals surface area contributed by atoms with Gasteiger partial charge in [-0.25, -0.2) is 31.8 Å². The van der Waals surface area contributed by atoms with Crippen LogP contribution < -0.4 is 55.4 Å². The zero-order valence-electron chi connectivity index (χ0n) is 65.5. The van der Waals surface area contributed by atoms with Crippen LogP contribution >= 0.6 is 87.5 Å². The Morgan fingerprint density at radius 2 is 1.07 bits per heavy atom. The van der Waals surface area contributed by atoms with Crippen molar-refractivity contribution in [1.29, 1.82) is 0 Å². The molecule has 116 heavy (non-hydrogen) atoms. The van der Waals surface area contributed by atoms with E-state index in [0.29, 0.717) is 79.2 Å². The molecule has 0 radical (unpaired) electrons. The van der Waals surface area contributed by atoms with Crippen LogP contribution in [0.4, 0.5) is 5.13 Å². The van der Waals surface area contributed by atoms with Crippen LogP contribution in [-0.2, 0) is 48.8 Å². The number of hydrogen-bond donors (Lipinski definition) is 7. The maximum atomic E-state index is 14.8. The fourth-order valence-electron chi connectivity index (χ4n) is 13.9. The first-order chi connectivity index (χ1) is 53.8. The van der Waals surface area contributed by atoms with Crippen molar-refractivity contribution < 1.29 is 69.3 Å². The molecule has 6 fully saturated rings. The Balaban J connectivity index is 0.000000233. The summed E-state index contributed by atoms with van der Waals surface area (Å²) >= 11 is 22.2. The number of ether oxygens (including phenoxy) is 4. The lowest BCUT2D eigenvalue weighted by Crippen LogP contribution is -2.60. The molecule has 5 heterocycles. The molecule has 2 saturated heterocycles. The van der Waals surface area contributed by atoms with Gasteiger partial charge in [0.15, 0.2) is 16.0 Å². The lowest BCUT2D eigenvalue weighted by Gasteiger charge is -2.35. The number of nitrogens with zero attached hydrogens (tertiary/aromatic N) is 5. The summed E-state index contributed by atoms with van der Waals surface area (Å²) in [5.74, 6) is -3.14. The smallest absolute Gasteiger partial charge is 0.259 e. The Morgan fingerprint density at radius 3 is 1.44 bits per heavy atom. The van der Waals surface area contributed by atoms with E-state index in [0.717, 1.165) is 22.4 Å². The number of amides is 6. The summed E-state index contributed by atoms with van der Waals surface area (Å²) in [6.07, 6.45) is 6.93. The largest absolute Gasteiger partial charge is 0.494 e. The third-order valence-corrected chi connectivity index (χ3v) is 26.4. The summed E-state index contributed by atoms with van der Waals surface area (Å²) in [5.41, 5.74) is 6.17. The Morgan fingerprint density at radius 1 is 0.655 bits per heavy atom. The molecule has 27 nitrogen and oxygen atoms in total. The average molecular weight is 1810 g/mol. The van der Waals surface area contributed by atoms with Gasteiger partial charge in [0, 0.05) is 72.8 Å². The number of nitrogens with two attached hydrogens (primary N) is 1. The van der Waals surface area contributed by atoms with E-state index >= 15 is 0 Å². The first-order valence-electron chi connectivity index (χ1n) is 37.0. The van der Waals surface area contributed by atoms with E-state index in [1.54, 1.807) is 36.4 Å². The maximum Gasteiger partial charge on any atom is 0.259 e. The van der Waals surface area contributed by atoms with E-state index < -0.39 is 130 Å². The maximum absolute atomic E-state index is 14.8. The van der Waals surface area contributed by atoms with E-state index in [-0.39, 0.29) is 92.1 Å². The molecule has 4 aromatic carbocycles. The number of aryl methyl sites for hydroxylation is 2. The molecule has 0 spiro atoms. The van der Waals surface area contributed by atoms with Crippen LogP contribution in [0.3, 0.4) is 0 Å². The number of hydrogen-bond acceptors (Lipinski definition) is 21. The molecule has 7 aromatic rings. The van der Waals surface area contributed by atoms with Gasteiger partial charge in [-0.2, -0.15) is 0 Å². The van der Waals surface area contributed by atoms with Gasteiger partial charge in [-0.3, -0.25) is 43.0 Å². The molecule has 2 aliphatic heterocycles. The minimum Gasteiger partial charge on any atom is -0.494 e. The molecule has 8 N–H and O–H groups in total. The Bertz CT molecular complexity index is 5170. The summed E-state index contributed by atoms with van der Waals surface area (Å²) in [6.45, 7) is 22.8. The number of thiazole rings is 1. The molecule has 6 amide bonds. The first-order valence-corrected chi connectivity index (χ1v) is 43.2. The highest BCUT2D eigenvalue weighted by molar-refractivity contribution is 9.09. The normalized spacial score (nSPS) is 21.8. The molecule has 0 unspecified atom stereocenters. The monoisotopic (exact) mass is 1810 g/mol. The summed E-state index contributed by atoms with van der Waals surface area (Å²) in [4.78, 5) is 112. The van der Waals surface area contributed by atoms with Gasteiger partial charge in [-0.1, -0.05) is 152 Å². The average Bonchev–Trinajstić information content (AvgIpc) is 1.58. The number of methoxy groups -OCH3 is 2. The topological polar surface area (TPSA) is 368 Å². The highest BCUT2D eigenvalue weighted by Gasteiger charge is 2.64. The molecule has 624 valence electrons. The molecular formula is C80H95BrCl4N12O15S4. The molecular weight excluding hydrogens is 1720 g/mol. The van der Waals surface area contributed by atoms with Crippen molar-refractivity contribution in [2.24, 2.45) is 28.4 Å². The van der Waals surface area contributed by atoms with Crippen molar-refractivity contribution >= 4 is 181 Å². The van der Waals surface area contributed by atoms with Crippen LogP contribution in [0.15, 0.2) is 128 Å². The molecule has 0 bridgehead atoms. The summed E-state index contributed by atoms with van der Waals surface area (Å²) in [5, 5.41) is 16.8. The summed E-state index contributed by atoms with van der Waals surface area (Å²) in [6, 6.07) is 22.1. The van der Waals surface area contributed by atoms with Gasteiger partial charge in [-0.15, -0.1) is 49.3 Å². The van der Waals surface area contributed by atoms with E-state index in [2.05, 4.69) is 69.8 Å². The first kappa shape index (κ1) is 91.4. The molecule has 4 saturated carbocycles. The lowest BCUT2D eigenvalue weighted by molar-refractivity contribution is -0.142. The van der Waals surface area contributed by atoms with Crippen molar-refractivity contribution in [3.63, 3.8) is 0 Å². The van der Waals surface area contributed by atoms with Crippen molar-refractivity contribution in [3.8, 4) is 34.5 Å². The number of pyridine rings is 2. The molecule has 10 atom stereocenters. The van der Waals surface area contributed by atoms with Gasteiger partial charge in [-0.05, 0) is 112 Å². The number of carbonyl (C=O) groups excluding carboxylic acids is 7. The molecule has 13 rings (SSSR count). The zero-order chi connectivity index (χ0) is 82.9. The highest BCUT2D eigenvalue weighted by atomic mass is 79.9. The van der Waals surface area contributed by atoms with Gasteiger partial charge in [0.25, 0.3) is 11.8 Å². The SMILES string of the molecule is C=C[C@@H]1C[C@]1(NC(=O)[C@@H]1C[C@@H](Oc2ncc(OC)c3ccc(Cl)cc23)CN1C(=O)[C@@H](NC(N)=S)C(C)(C)C)C(=O)NS(=O)(=O)C1CC1.C=C[C@@H]1C[C@]1(NC(=O)[C@@H]1C[C@@H](Oc2ncc(OC)c3ccc(Cl)cc23)CN1C(=O)[C@@H](Nc1nc(-c2ccc(C)cc2)cs1)C(C)(C)C)C(=O)NS(=O)(=O)C1CC1.Cc1ccc(C(=O)CBr)cc1.Cl.Cl. The predicted molar refractivity (Wildman–Crippen MR) is 460 cm³/mol. The predicted octanol–water partition coefficient (Wildman–Crippen LogP) is 11.5. The van der Waals surface area contributed by atoms with Crippen molar-refractivity contribution in [3.05, 3.63) is 155 Å². The number of Topliss-reactive ketones (excluding diaryl/α,β-unsaturated/α-hetero) is 1. The second-order valence-corrected chi connectivity index (χ2v) is 38.2. The lowest BCUT2D eigenvalue weighted by atomic mass is 9.85. The fourth-order valence-corrected chi connectivity index (χ4v) is 18.1. The van der Waals surface area contributed by atoms with Crippen LogP contribution in [0.2, 0.25) is 10.0 Å². The Labute approximate surface area is 714 Å². The number of rotatable bonds is 26. The number of alkyl halides is 1. The van der Waals surface area contributed by atoms with Gasteiger partial charge >= 0.3 is 0 Å². The number of halogens is 5. The van der Waals surface area contributed by atoms with Gasteiger partial charge in [0.2, 0.25) is 55.4 Å². The standard InChI is InChI=1S/C40H45ClN6O7S2.C31H39ClN6O7S2.C9H9BrO.2ClH/c1-7-24-18-40(24,37(50)46-56(51,52)27-13-14-27)45-34(48)31-17-26(54-35-29-16-25(41)12-15-28(29)32(53-6)19-42-35)20-47(31)36(49)33(39(3,4)5)44-38-43-30(21-55-38)23-10-8-22(2)9-11-23;1-6-16-13-31(16,28(41)37-47(42,43)19-8-9-19)36-25(39)22-12-18(15-38(22)27(40)24(30(2,3)4)35-29(33)46)45-26-21-11-17(32)7-10-20(21)23(44-5)14-34-26;1-7-2-4-8(5-3-7)9(11)6-10;;/h7-12,15-16,19,21,24,26-27,31,33H,1,13-14,17-18,20H2,2-6H3,(H,43,44)(H,45,48)(H,46,50);6-7,10-11,14,16,18-19,22,24H,1,8-9,12-13,15H2,2-5H3,(H,36,39)(H,37,41)(H3,33,35,46);2-5H,6H2,1H3;2*1H/t24-,26-,31+,33-,40-;16-,18-,22+,24-,31-;;;/m11.../s1. The molecule has 4 aliphatic carbocycles. The highest BCUT2D eigenvalue weighted by Crippen LogP contribution is 2.48. The van der Waals surface area contributed by atoms with Crippen LogP contribution in [0.1, 0.15) is 114 Å².